The summed E-state index contributed by atoms with van der Waals surface area (Å²) in [4.78, 5) is 32.1. The van der Waals surface area contributed by atoms with Crippen LogP contribution in [-0.4, -0.2) is 46.5 Å². The third-order valence-electron chi connectivity index (χ3n) is 11.4. The normalized spacial score (nSPS) is 34.6. The van der Waals surface area contributed by atoms with Crippen molar-refractivity contribution < 1.29 is 33.0 Å². The van der Waals surface area contributed by atoms with E-state index in [2.05, 4.69) is 13.0 Å². The second kappa shape index (κ2) is 12.7. The van der Waals surface area contributed by atoms with Gasteiger partial charge in [-0.05, 0) is 110 Å². The maximum atomic E-state index is 14.3. The van der Waals surface area contributed by atoms with Gasteiger partial charge in [-0.25, -0.2) is 14.2 Å². The Labute approximate surface area is 278 Å². The second-order valence-electron chi connectivity index (χ2n) is 13.7. The second-order valence-corrected chi connectivity index (χ2v) is 14.6. The summed E-state index contributed by atoms with van der Waals surface area (Å²) >= 11 is 0.862. The van der Waals surface area contributed by atoms with Crippen LogP contribution in [0.2, 0.25) is 0 Å². The predicted octanol–water partition coefficient (Wildman–Crippen LogP) is 6.40. The van der Waals surface area contributed by atoms with Gasteiger partial charge in [0.15, 0.2) is 5.60 Å². The lowest BCUT2D eigenvalue weighted by Crippen LogP contribution is -2.62. The molecule has 0 bridgehead atoms. The number of allylic oxidation sites excluding steroid dienone is 3. The number of carbonyl (C=O) groups is 2. The zero-order valence-electron chi connectivity index (χ0n) is 26.8. The van der Waals surface area contributed by atoms with E-state index in [4.69, 9.17) is 24.6 Å². The first kappa shape index (κ1) is 33.2. The number of hydrogen-bond acceptors (Lipinski definition) is 10. The van der Waals surface area contributed by atoms with Gasteiger partial charge in [-0.2, -0.15) is 5.26 Å². The average molecular weight is 662 g/mol. The minimum Gasteiger partial charge on any atom is -0.457 e. The smallest absolute Gasteiger partial charge is 0.375 e. The number of methoxy groups -OCH3 is 1. The molecule has 0 saturated heterocycles. The molecule has 3 fully saturated rings. The molecule has 0 spiro atoms. The molecular formula is C36H40FN3O6S. The fourth-order valence-corrected chi connectivity index (χ4v) is 10.1. The Hall–Kier alpha value is -3.72. The maximum absolute atomic E-state index is 14.3. The van der Waals surface area contributed by atoms with Crippen LogP contribution in [0.1, 0.15) is 68.5 Å². The molecule has 1 aromatic carbocycles. The molecule has 4 aliphatic rings. The van der Waals surface area contributed by atoms with Crippen molar-refractivity contribution in [1.82, 2.24) is 0 Å². The Morgan fingerprint density at radius 2 is 2.11 bits per heavy atom. The minimum atomic E-state index is -1.52. The number of fused-ring (bicyclic) bond motifs is 5. The van der Waals surface area contributed by atoms with E-state index < -0.39 is 28.5 Å². The van der Waals surface area contributed by atoms with Gasteiger partial charge in [0, 0.05) is 18.1 Å². The molecule has 3 unspecified atom stereocenters. The van der Waals surface area contributed by atoms with Crippen molar-refractivity contribution in [3.05, 3.63) is 77.2 Å². The Bertz CT molecular complexity index is 1700. The van der Waals surface area contributed by atoms with Crippen LogP contribution in [0.25, 0.3) is 0 Å². The number of thioether (sulfide) groups is 1. The molecule has 9 nitrogen and oxygen atoms in total. The summed E-state index contributed by atoms with van der Waals surface area (Å²) in [5.74, 6) is -1.24. The molecule has 2 aromatic rings. The Morgan fingerprint density at radius 1 is 1.30 bits per heavy atom. The van der Waals surface area contributed by atoms with Gasteiger partial charge in [0.1, 0.15) is 5.82 Å². The number of benzene rings is 1. The Morgan fingerprint density at radius 3 is 2.81 bits per heavy atom. The van der Waals surface area contributed by atoms with Crippen LogP contribution in [-0.2, 0) is 20.9 Å². The van der Waals surface area contributed by atoms with Crippen LogP contribution in [0.3, 0.4) is 0 Å². The highest BCUT2D eigenvalue weighted by Gasteiger charge is 2.70. The number of hydrogen-bond donors (Lipinski definition) is 2. The SMILES string of the molecule is COCc1cc(N=C2C=C3CC[C@@H]4C(C(O)C[C@@]5(C)C4CC[C@]5(OC(=O)c4ccco4)C(=O)SCC#N)[C@@]3(C)CC2=CN)ccc1F. The highest BCUT2D eigenvalue weighted by molar-refractivity contribution is 8.14. The predicted molar refractivity (Wildman–Crippen MR) is 175 cm³/mol. The Balaban J connectivity index is 1.34. The molecule has 1 heterocycles. The molecular weight excluding hydrogens is 621 g/mol. The molecule has 3 saturated carbocycles. The summed E-state index contributed by atoms with van der Waals surface area (Å²) in [6.45, 7) is 4.29. The lowest BCUT2D eigenvalue weighted by Gasteiger charge is -2.60. The maximum Gasteiger partial charge on any atom is 0.375 e. The third-order valence-corrected chi connectivity index (χ3v) is 12.2. The highest BCUT2D eigenvalue weighted by Crippen LogP contribution is 2.69. The molecule has 6 rings (SSSR count). The van der Waals surface area contributed by atoms with Crippen LogP contribution in [0.5, 0.6) is 0 Å². The first-order chi connectivity index (χ1) is 22.5. The van der Waals surface area contributed by atoms with Crippen LogP contribution < -0.4 is 5.73 Å². The van der Waals surface area contributed by atoms with Crippen LogP contribution in [0.15, 0.2) is 69.4 Å². The van der Waals surface area contributed by atoms with Gasteiger partial charge in [-0.3, -0.25) is 4.79 Å². The van der Waals surface area contributed by atoms with Crippen LogP contribution in [0.4, 0.5) is 10.1 Å². The quantitative estimate of drug-likeness (QED) is 0.322. The van der Waals surface area contributed by atoms with Gasteiger partial charge in [0.2, 0.25) is 10.9 Å². The first-order valence-electron chi connectivity index (χ1n) is 16.0. The number of rotatable bonds is 7. The number of nitrogens with zero attached hydrogens (tertiary/aromatic N) is 2. The zero-order chi connectivity index (χ0) is 33.6. The third kappa shape index (κ3) is 5.44. The number of carbonyl (C=O) groups excluding carboxylic acids is 2. The number of nitrogens with two attached hydrogens (primary N) is 1. The number of nitriles is 1. The van der Waals surface area contributed by atoms with Crippen LogP contribution >= 0.6 is 11.8 Å². The van der Waals surface area contributed by atoms with Gasteiger partial charge in [0.05, 0.1) is 42.2 Å². The molecule has 7 atom stereocenters. The number of furan rings is 1. The van der Waals surface area contributed by atoms with Gasteiger partial charge in [0.25, 0.3) is 0 Å². The molecule has 0 aliphatic heterocycles. The molecule has 11 heteroatoms. The largest absolute Gasteiger partial charge is 0.457 e. The molecule has 0 amide bonds. The Kier molecular flexibility index (Phi) is 8.98. The van der Waals surface area contributed by atoms with Crippen molar-refractivity contribution in [2.75, 3.05) is 12.9 Å². The number of aliphatic hydroxyl groups is 1. The fraction of sp³-hybridized carbons (Fsp3) is 0.500. The lowest BCUT2D eigenvalue weighted by atomic mass is 9.45. The lowest BCUT2D eigenvalue weighted by molar-refractivity contribution is -0.175. The van der Waals surface area contributed by atoms with Gasteiger partial charge >= 0.3 is 5.97 Å². The van der Waals surface area contributed by atoms with Gasteiger partial charge in [-0.15, -0.1) is 0 Å². The molecule has 4 aliphatic carbocycles. The van der Waals surface area contributed by atoms with Crippen molar-refractivity contribution in [3.63, 3.8) is 0 Å². The van der Waals surface area contributed by atoms with Crippen molar-refractivity contribution >= 4 is 34.2 Å². The van der Waals surface area contributed by atoms with E-state index >= 15 is 0 Å². The van der Waals surface area contributed by atoms with Gasteiger partial charge < -0.3 is 24.7 Å². The van der Waals surface area contributed by atoms with Crippen molar-refractivity contribution in [2.45, 2.75) is 70.7 Å². The van der Waals surface area contributed by atoms with E-state index in [9.17, 15) is 24.3 Å². The molecule has 47 heavy (non-hydrogen) atoms. The summed E-state index contributed by atoms with van der Waals surface area (Å²) in [5.41, 5.74) is 7.15. The van der Waals surface area contributed by atoms with E-state index in [1.165, 1.54) is 31.1 Å². The summed E-state index contributed by atoms with van der Waals surface area (Å²) in [6.07, 6.45) is 7.55. The average Bonchev–Trinajstić information content (AvgIpc) is 3.68. The van der Waals surface area contributed by atoms with E-state index in [0.29, 0.717) is 36.2 Å². The van der Waals surface area contributed by atoms with E-state index in [-0.39, 0.29) is 53.2 Å². The standard InChI is InChI=1S/C36H40FN3O6S/c1-34-17-22(19-39)28(40-24-7-9-27(37)21(15-24)20-44-3)16-23(34)6-8-25-26-10-11-36(33(43)47-14-12-38,35(26,2)18-29(41)31(25)34)46-32(42)30-5-4-13-45-30/h4-5,7,9,13,15-16,19,25-26,29,31,41H,6,8,10-11,14,17-18,20,39H2,1-3H3/t25-,26?,29?,31?,34-,35-,36-/m0/s1. The van der Waals surface area contributed by atoms with E-state index in [1.807, 2.05) is 13.0 Å². The molecule has 0 radical (unpaired) electrons. The van der Waals surface area contributed by atoms with E-state index in [0.717, 1.165) is 30.2 Å². The summed E-state index contributed by atoms with van der Waals surface area (Å²) in [7, 11) is 1.52. The van der Waals surface area contributed by atoms with Crippen molar-refractivity contribution in [3.8, 4) is 6.07 Å². The number of esters is 1. The number of ether oxygens (including phenoxy) is 2. The number of aliphatic imine (C=N–C) groups is 1. The van der Waals surface area contributed by atoms with Crippen molar-refractivity contribution in [1.29, 1.82) is 5.26 Å². The number of halogens is 1. The first-order valence-corrected chi connectivity index (χ1v) is 17.0. The molecule has 3 N–H and O–H groups in total. The van der Waals surface area contributed by atoms with Crippen LogP contribution in [0, 0.1) is 45.7 Å². The van der Waals surface area contributed by atoms with E-state index in [1.54, 1.807) is 24.4 Å². The molecule has 1 aromatic heterocycles. The number of aliphatic hydroxyl groups excluding tert-OH is 1. The fourth-order valence-electron chi connectivity index (χ4n) is 9.32. The van der Waals surface area contributed by atoms with Crippen molar-refractivity contribution in [2.24, 2.45) is 39.3 Å². The summed E-state index contributed by atoms with van der Waals surface area (Å²) in [6, 6.07) is 9.79. The van der Waals surface area contributed by atoms with Gasteiger partial charge in [-0.1, -0.05) is 31.2 Å². The summed E-state index contributed by atoms with van der Waals surface area (Å²) < 4.78 is 30.9. The zero-order valence-corrected chi connectivity index (χ0v) is 27.6. The molecule has 248 valence electrons. The minimum absolute atomic E-state index is 0.0000299. The topological polar surface area (TPSA) is 148 Å². The summed E-state index contributed by atoms with van der Waals surface area (Å²) in [5, 5.41) is 21.0. The monoisotopic (exact) mass is 661 g/mol. The highest BCUT2D eigenvalue weighted by atomic mass is 32.2.